The third-order valence-corrected chi connectivity index (χ3v) is 11.4. The lowest BCUT2D eigenvalue weighted by atomic mass is 9.85. The molecule has 3 fully saturated rings. The largest absolute Gasteiger partial charge is 0.378 e. The Morgan fingerprint density at radius 2 is 1.73 bits per heavy atom. The van der Waals surface area contributed by atoms with E-state index in [0.717, 1.165) is 15.2 Å². The first-order valence-corrected chi connectivity index (χ1v) is 17.0. The van der Waals surface area contributed by atoms with E-state index in [1.54, 1.807) is 15.9 Å². The van der Waals surface area contributed by atoms with Crippen LogP contribution in [-0.2, 0) is 24.3 Å². The number of benzene rings is 2. The minimum Gasteiger partial charge on any atom is -0.378 e. The number of rotatable bonds is 6. The highest BCUT2D eigenvalue weighted by Crippen LogP contribution is 2.36. The monoisotopic (exact) mass is 675 g/mol. The summed E-state index contributed by atoms with van der Waals surface area (Å²) in [7, 11) is -4.13. The van der Waals surface area contributed by atoms with Crippen LogP contribution in [0.15, 0.2) is 53.4 Å². The lowest BCUT2D eigenvalue weighted by Gasteiger charge is -2.41. The Kier molecular flexibility index (Phi) is 8.40. The van der Waals surface area contributed by atoms with Crippen LogP contribution in [0.1, 0.15) is 37.7 Å². The van der Waals surface area contributed by atoms with Crippen molar-refractivity contribution < 1.29 is 27.5 Å². The van der Waals surface area contributed by atoms with Crippen LogP contribution in [0.3, 0.4) is 0 Å². The topological polar surface area (TPSA) is 132 Å². The number of fused-ring (bicyclic) bond motifs is 3. The van der Waals surface area contributed by atoms with Gasteiger partial charge in [-0.25, -0.2) is 8.42 Å². The van der Waals surface area contributed by atoms with Crippen molar-refractivity contribution in [2.24, 2.45) is 5.41 Å². The van der Waals surface area contributed by atoms with Crippen molar-refractivity contribution in [2.75, 3.05) is 32.8 Å². The Hall–Kier alpha value is -3.16. The molecular weight excluding hydrogens is 641 g/mol. The molecule has 45 heavy (non-hydrogen) atoms. The van der Waals surface area contributed by atoms with E-state index in [1.165, 1.54) is 18.2 Å². The maximum Gasteiger partial charge on any atom is 0.268 e. The van der Waals surface area contributed by atoms with Crippen molar-refractivity contribution in [2.45, 2.75) is 56.3 Å². The fraction of sp³-hybridized carbons (Fsp3) is 0.452. The zero-order valence-corrected chi connectivity index (χ0v) is 27.5. The zero-order chi connectivity index (χ0) is 32.3. The molecule has 2 N–H and O–H groups in total. The second-order valence-electron chi connectivity index (χ2n) is 12.8. The molecule has 4 heterocycles. The number of H-pyrrole nitrogens is 1. The number of ether oxygens (including phenoxy) is 1. The second-order valence-corrected chi connectivity index (χ2v) is 15.6. The van der Waals surface area contributed by atoms with Gasteiger partial charge in [-0.3, -0.25) is 14.4 Å². The molecule has 11 nitrogen and oxygen atoms in total. The molecule has 0 saturated carbocycles. The number of nitrogens with one attached hydrogen (secondary N) is 2. The van der Waals surface area contributed by atoms with Crippen LogP contribution in [0.4, 0.5) is 0 Å². The number of aromatic nitrogens is 1. The van der Waals surface area contributed by atoms with E-state index < -0.39 is 27.5 Å². The van der Waals surface area contributed by atoms with E-state index in [2.05, 4.69) is 10.3 Å². The summed E-state index contributed by atoms with van der Waals surface area (Å²) in [5, 5.41) is 4.12. The van der Waals surface area contributed by atoms with Crippen molar-refractivity contribution in [3.8, 4) is 0 Å². The number of piperazine rings is 1. The first-order valence-electron chi connectivity index (χ1n) is 14.8. The molecule has 240 valence electrons. The highest BCUT2D eigenvalue weighted by molar-refractivity contribution is 7.89. The predicted molar refractivity (Wildman–Crippen MR) is 170 cm³/mol. The first kappa shape index (κ1) is 31.8. The molecule has 3 aliphatic rings. The van der Waals surface area contributed by atoms with Crippen LogP contribution in [-0.4, -0.2) is 102 Å². The van der Waals surface area contributed by atoms with Gasteiger partial charge in [-0.2, -0.15) is 4.31 Å². The van der Waals surface area contributed by atoms with Gasteiger partial charge in [0, 0.05) is 35.6 Å². The number of amides is 3. The lowest BCUT2D eigenvalue weighted by molar-refractivity contribution is -0.146. The number of carbonyl (C=O) groups excluding carboxylic acids is 3. The molecule has 14 heteroatoms. The maximum absolute atomic E-state index is 14.0. The number of likely N-dealkylation sites (tertiary alicyclic amines) is 2. The van der Waals surface area contributed by atoms with Gasteiger partial charge in [0.25, 0.3) is 5.91 Å². The normalized spacial score (nSPS) is 23.0. The molecule has 1 unspecified atom stereocenters. The third-order valence-electron chi connectivity index (χ3n) is 8.81. The number of hydrogen-bond acceptors (Lipinski definition) is 6. The molecular formula is C31H35Cl2N5O6S. The molecule has 4 atom stereocenters. The van der Waals surface area contributed by atoms with Crippen LogP contribution in [0.25, 0.3) is 10.9 Å². The SMILES string of the molecule is CC(C)(C)C(NC(=O)c1cc2ccccc2[nH]1)C(=O)N1C[C@@H]2C[C@H]1CN2C(=O)[C@@H]1COCCN1S(=O)(=O)c1ccc(Cl)cc1Cl. The molecule has 1 aromatic heterocycles. The van der Waals surface area contributed by atoms with Gasteiger partial charge in [0.15, 0.2) is 0 Å². The van der Waals surface area contributed by atoms with Gasteiger partial charge in [-0.15, -0.1) is 0 Å². The van der Waals surface area contributed by atoms with E-state index in [-0.39, 0.29) is 72.6 Å². The van der Waals surface area contributed by atoms with Crippen molar-refractivity contribution in [3.63, 3.8) is 0 Å². The Morgan fingerprint density at radius 3 is 2.40 bits per heavy atom. The molecule has 0 radical (unpaired) electrons. The van der Waals surface area contributed by atoms with Crippen LogP contribution in [0.2, 0.25) is 10.0 Å². The molecule has 0 spiro atoms. The van der Waals surface area contributed by atoms with Crippen molar-refractivity contribution >= 4 is 61.8 Å². The van der Waals surface area contributed by atoms with Gasteiger partial charge in [-0.05, 0) is 42.2 Å². The van der Waals surface area contributed by atoms with Crippen LogP contribution >= 0.6 is 23.2 Å². The summed E-state index contributed by atoms with van der Waals surface area (Å²) in [4.78, 5) is 47.5. The van der Waals surface area contributed by atoms with Gasteiger partial charge in [0.05, 0.1) is 30.3 Å². The summed E-state index contributed by atoms with van der Waals surface area (Å²) in [5.41, 5.74) is 0.605. The van der Waals surface area contributed by atoms with Crippen molar-refractivity contribution in [3.05, 3.63) is 64.3 Å². The molecule has 2 aromatic carbocycles. The number of para-hydroxylation sites is 1. The maximum atomic E-state index is 14.0. The molecule has 2 bridgehead atoms. The number of halogens is 2. The van der Waals surface area contributed by atoms with Gasteiger partial charge in [-0.1, -0.05) is 62.2 Å². The van der Waals surface area contributed by atoms with E-state index in [9.17, 15) is 22.8 Å². The average Bonchev–Trinajstić information content (AvgIpc) is 3.73. The minimum absolute atomic E-state index is 0.00637. The van der Waals surface area contributed by atoms with Crippen LogP contribution < -0.4 is 5.32 Å². The number of hydrogen-bond donors (Lipinski definition) is 2. The van der Waals surface area contributed by atoms with E-state index in [4.69, 9.17) is 27.9 Å². The predicted octanol–water partition coefficient (Wildman–Crippen LogP) is 3.52. The highest BCUT2D eigenvalue weighted by Gasteiger charge is 2.52. The van der Waals surface area contributed by atoms with Crippen molar-refractivity contribution in [1.82, 2.24) is 24.4 Å². The quantitative estimate of drug-likeness (QED) is 0.411. The zero-order valence-electron chi connectivity index (χ0n) is 25.1. The minimum atomic E-state index is -4.13. The summed E-state index contributed by atoms with van der Waals surface area (Å²) in [6.07, 6.45) is 0.563. The summed E-state index contributed by atoms with van der Waals surface area (Å²) in [6.45, 7) is 6.28. The van der Waals surface area contributed by atoms with E-state index in [0.29, 0.717) is 17.1 Å². The summed E-state index contributed by atoms with van der Waals surface area (Å²) in [5.74, 6) is -0.961. The van der Waals surface area contributed by atoms with Crippen LogP contribution in [0, 0.1) is 5.41 Å². The number of nitrogens with zero attached hydrogens (tertiary/aromatic N) is 3. The Morgan fingerprint density at radius 1 is 1.02 bits per heavy atom. The standard InChI is InChI=1S/C31H35Cl2N5O6S/c1-31(2,3)27(35-28(39)24-12-18-6-4-5-7-23(18)34-24)30(41)37-16-20-14-21(37)15-36(20)29(40)25-17-44-11-10-38(25)45(42,43)26-9-8-19(32)13-22(26)33/h4-9,12-13,20-21,25,27,34H,10-11,14-17H2,1-3H3,(H,35,39)/t20-,21-,25-,27?/m0/s1. The summed E-state index contributed by atoms with van der Waals surface area (Å²) in [6, 6.07) is 11.0. The number of morpholine rings is 1. The first-order chi connectivity index (χ1) is 21.3. The molecule has 3 saturated heterocycles. The number of aromatic amines is 1. The molecule has 3 aromatic rings. The van der Waals surface area contributed by atoms with E-state index in [1.807, 2.05) is 45.0 Å². The third kappa shape index (κ3) is 5.94. The van der Waals surface area contributed by atoms with Gasteiger partial charge in [0.2, 0.25) is 21.8 Å². The number of carbonyl (C=O) groups is 3. The summed E-state index contributed by atoms with van der Waals surface area (Å²) >= 11 is 12.2. The van der Waals surface area contributed by atoms with Gasteiger partial charge >= 0.3 is 0 Å². The smallest absolute Gasteiger partial charge is 0.268 e. The van der Waals surface area contributed by atoms with E-state index >= 15 is 0 Å². The Balaban J connectivity index is 1.16. The highest BCUT2D eigenvalue weighted by atomic mass is 35.5. The molecule has 6 rings (SSSR count). The Labute approximate surface area is 271 Å². The molecule has 3 aliphatic heterocycles. The fourth-order valence-electron chi connectivity index (χ4n) is 6.50. The van der Waals surface area contributed by atoms with Crippen molar-refractivity contribution in [1.29, 1.82) is 0 Å². The fourth-order valence-corrected chi connectivity index (χ4v) is 8.80. The van der Waals surface area contributed by atoms with Gasteiger partial charge in [0.1, 0.15) is 22.7 Å². The summed E-state index contributed by atoms with van der Waals surface area (Å²) < 4.78 is 34.0. The Bertz CT molecular complexity index is 1740. The number of sulfonamides is 1. The molecule has 0 aliphatic carbocycles. The lowest BCUT2D eigenvalue weighted by Crippen LogP contribution is -2.62. The van der Waals surface area contributed by atoms with Crippen LogP contribution in [0.5, 0.6) is 0 Å². The molecule has 3 amide bonds. The average molecular weight is 677 g/mol. The van der Waals surface area contributed by atoms with Gasteiger partial charge < -0.3 is 24.8 Å². The second kappa shape index (κ2) is 11.9.